The van der Waals surface area contributed by atoms with E-state index in [-0.39, 0.29) is 11.3 Å². The van der Waals surface area contributed by atoms with E-state index in [1.54, 1.807) is 31.2 Å². The molecule has 1 atom stereocenters. The molecule has 0 aliphatic rings. The van der Waals surface area contributed by atoms with Crippen LogP contribution in [0.25, 0.3) is 10.8 Å². The maximum Gasteiger partial charge on any atom is 0.340 e. The van der Waals surface area contributed by atoms with Crippen molar-refractivity contribution in [3.05, 3.63) is 42.0 Å². The van der Waals surface area contributed by atoms with E-state index in [1.807, 2.05) is 12.1 Å². The Morgan fingerprint density at radius 3 is 2.55 bits per heavy atom. The first kappa shape index (κ1) is 13.9. The Morgan fingerprint density at radius 2 is 1.95 bits per heavy atom. The molecule has 0 bridgehead atoms. The van der Waals surface area contributed by atoms with Gasteiger partial charge in [0.15, 0.2) is 6.10 Å². The number of hydrogen-bond donors (Lipinski definition) is 2. The van der Waals surface area contributed by atoms with Crippen molar-refractivity contribution in [3.8, 4) is 5.75 Å². The molecule has 3 N–H and O–H groups in total. The summed E-state index contributed by atoms with van der Waals surface area (Å²) in [5.41, 5.74) is 5.27. The highest BCUT2D eigenvalue weighted by molar-refractivity contribution is 6.06. The first-order valence-electron chi connectivity index (χ1n) is 6.25. The molecule has 5 nitrogen and oxygen atoms in total. The number of hydrogen-bond acceptors (Lipinski definition) is 3. The Balaban J connectivity index is 2.55. The molecule has 2 aromatic rings. The summed E-state index contributed by atoms with van der Waals surface area (Å²) in [5.74, 6) is -1.56. The van der Waals surface area contributed by atoms with Crippen LogP contribution >= 0.6 is 0 Å². The van der Waals surface area contributed by atoms with Crippen molar-refractivity contribution >= 4 is 22.6 Å². The topological polar surface area (TPSA) is 89.6 Å². The van der Waals surface area contributed by atoms with Crippen LogP contribution in [0.2, 0.25) is 0 Å². The summed E-state index contributed by atoms with van der Waals surface area (Å²) in [6, 6.07) is 10.4. The van der Waals surface area contributed by atoms with Gasteiger partial charge in [-0.15, -0.1) is 0 Å². The molecule has 20 heavy (non-hydrogen) atoms. The van der Waals surface area contributed by atoms with Crippen LogP contribution < -0.4 is 10.5 Å². The summed E-state index contributed by atoms with van der Waals surface area (Å²) < 4.78 is 5.47. The number of nitrogens with two attached hydrogens (primary N) is 1. The Morgan fingerprint density at radius 1 is 1.25 bits per heavy atom. The van der Waals surface area contributed by atoms with Crippen molar-refractivity contribution in [2.24, 2.45) is 5.73 Å². The minimum absolute atomic E-state index is 0.0443. The van der Waals surface area contributed by atoms with E-state index in [0.29, 0.717) is 11.8 Å². The van der Waals surface area contributed by atoms with Gasteiger partial charge >= 0.3 is 5.97 Å². The SMILES string of the molecule is CCC(Oc1ccc2ccccc2c1C(=O)O)C(N)=O. The van der Waals surface area contributed by atoms with E-state index >= 15 is 0 Å². The van der Waals surface area contributed by atoms with E-state index in [4.69, 9.17) is 10.5 Å². The number of amides is 1. The van der Waals surface area contributed by atoms with Crippen molar-refractivity contribution in [3.63, 3.8) is 0 Å². The highest BCUT2D eigenvalue weighted by atomic mass is 16.5. The zero-order chi connectivity index (χ0) is 14.7. The van der Waals surface area contributed by atoms with E-state index in [9.17, 15) is 14.7 Å². The number of carbonyl (C=O) groups excluding carboxylic acids is 1. The molecule has 1 amide bonds. The van der Waals surface area contributed by atoms with Gasteiger partial charge in [0.2, 0.25) is 0 Å². The molecular formula is C15H15NO4. The van der Waals surface area contributed by atoms with Crippen molar-refractivity contribution in [2.45, 2.75) is 19.4 Å². The van der Waals surface area contributed by atoms with Crippen LogP contribution in [0.3, 0.4) is 0 Å². The summed E-state index contributed by atoms with van der Waals surface area (Å²) in [6.07, 6.45) is -0.462. The number of rotatable bonds is 5. The lowest BCUT2D eigenvalue weighted by atomic mass is 10.0. The fourth-order valence-electron chi connectivity index (χ4n) is 2.07. The molecule has 0 aliphatic carbocycles. The minimum atomic E-state index is -1.10. The molecule has 2 rings (SSSR count). The molecule has 0 spiro atoms. The van der Waals surface area contributed by atoms with Crippen LogP contribution in [0.1, 0.15) is 23.7 Å². The lowest BCUT2D eigenvalue weighted by Crippen LogP contribution is -2.33. The second-order valence-corrected chi connectivity index (χ2v) is 4.38. The van der Waals surface area contributed by atoms with E-state index in [1.165, 1.54) is 0 Å². The van der Waals surface area contributed by atoms with Crippen molar-refractivity contribution in [2.75, 3.05) is 0 Å². The number of carboxylic acids is 1. The molecule has 0 saturated carbocycles. The molecule has 0 saturated heterocycles. The van der Waals surface area contributed by atoms with Gasteiger partial charge in [-0.1, -0.05) is 37.3 Å². The maximum absolute atomic E-state index is 11.5. The maximum atomic E-state index is 11.5. The largest absolute Gasteiger partial charge is 0.480 e. The van der Waals surface area contributed by atoms with Crippen LogP contribution in [0.15, 0.2) is 36.4 Å². The Labute approximate surface area is 116 Å². The molecule has 0 aliphatic heterocycles. The number of ether oxygens (including phenoxy) is 1. The summed E-state index contributed by atoms with van der Waals surface area (Å²) >= 11 is 0. The van der Waals surface area contributed by atoms with E-state index in [0.717, 1.165) is 5.39 Å². The first-order valence-corrected chi connectivity index (χ1v) is 6.25. The highest BCUT2D eigenvalue weighted by Gasteiger charge is 2.21. The number of benzene rings is 2. The third-order valence-electron chi connectivity index (χ3n) is 3.06. The van der Waals surface area contributed by atoms with Crippen molar-refractivity contribution in [1.82, 2.24) is 0 Å². The monoisotopic (exact) mass is 273 g/mol. The van der Waals surface area contributed by atoms with Gasteiger partial charge in [-0.2, -0.15) is 0 Å². The van der Waals surface area contributed by atoms with Crippen molar-refractivity contribution in [1.29, 1.82) is 0 Å². The highest BCUT2D eigenvalue weighted by Crippen LogP contribution is 2.29. The predicted molar refractivity (Wildman–Crippen MR) is 74.8 cm³/mol. The number of aromatic carboxylic acids is 1. The average molecular weight is 273 g/mol. The van der Waals surface area contributed by atoms with Crippen LogP contribution in [-0.2, 0) is 4.79 Å². The van der Waals surface area contributed by atoms with Gasteiger partial charge in [-0.05, 0) is 23.3 Å². The second kappa shape index (κ2) is 5.61. The molecule has 0 heterocycles. The second-order valence-electron chi connectivity index (χ2n) is 4.38. The summed E-state index contributed by atoms with van der Waals surface area (Å²) in [7, 11) is 0. The minimum Gasteiger partial charge on any atom is -0.480 e. The molecule has 0 radical (unpaired) electrons. The molecule has 1 unspecified atom stereocenters. The zero-order valence-corrected chi connectivity index (χ0v) is 11.0. The quantitative estimate of drug-likeness (QED) is 0.873. The molecule has 0 fully saturated rings. The van der Waals surface area contributed by atoms with Crippen LogP contribution in [0.4, 0.5) is 0 Å². The normalized spacial score (nSPS) is 12.1. The fraction of sp³-hybridized carbons (Fsp3) is 0.200. The first-order chi connectivity index (χ1) is 9.54. The van der Waals surface area contributed by atoms with E-state index in [2.05, 4.69) is 0 Å². The lowest BCUT2D eigenvalue weighted by Gasteiger charge is -2.17. The molecule has 104 valence electrons. The van der Waals surface area contributed by atoms with Gasteiger partial charge in [0.05, 0.1) is 0 Å². The molecule has 2 aromatic carbocycles. The van der Waals surface area contributed by atoms with Gasteiger partial charge in [-0.25, -0.2) is 4.79 Å². The van der Waals surface area contributed by atoms with Crippen LogP contribution in [0, 0.1) is 0 Å². The number of primary amides is 1. The third-order valence-corrected chi connectivity index (χ3v) is 3.06. The Hall–Kier alpha value is -2.56. The van der Waals surface area contributed by atoms with Crippen LogP contribution in [-0.4, -0.2) is 23.1 Å². The fourth-order valence-corrected chi connectivity index (χ4v) is 2.07. The number of carbonyl (C=O) groups is 2. The standard InChI is InChI=1S/C15H15NO4/c1-2-11(14(16)17)20-12-8-7-9-5-3-4-6-10(9)13(12)15(18)19/h3-8,11H,2H2,1H3,(H2,16,17)(H,18,19). The Bertz CT molecular complexity index is 666. The van der Waals surface area contributed by atoms with E-state index < -0.39 is 18.0 Å². The van der Waals surface area contributed by atoms with Gasteiger partial charge in [0, 0.05) is 0 Å². The van der Waals surface area contributed by atoms with Gasteiger partial charge in [-0.3, -0.25) is 4.79 Å². The predicted octanol–water partition coefficient (Wildman–Crippen LogP) is 2.18. The summed E-state index contributed by atoms with van der Waals surface area (Å²) in [6.45, 7) is 1.75. The molecule has 0 aromatic heterocycles. The smallest absolute Gasteiger partial charge is 0.340 e. The number of carboxylic acid groups (broad SMARTS) is 1. The molecule has 5 heteroatoms. The molecular weight excluding hydrogens is 258 g/mol. The third kappa shape index (κ3) is 2.56. The lowest BCUT2D eigenvalue weighted by molar-refractivity contribution is -0.124. The van der Waals surface area contributed by atoms with Gasteiger partial charge < -0.3 is 15.6 Å². The average Bonchev–Trinajstić information content (AvgIpc) is 2.43. The van der Waals surface area contributed by atoms with Crippen LogP contribution in [0.5, 0.6) is 5.75 Å². The summed E-state index contributed by atoms with van der Waals surface area (Å²) in [4.78, 5) is 22.7. The Kier molecular flexibility index (Phi) is 3.89. The van der Waals surface area contributed by atoms with Gasteiger partial charge in [0.1, 0.15) is 11.3 Å². The number of fused-ring (bicyclic) bond motifs is 1. The zero-order valence-electron chi connectivity index (χ0n) is 11.0. The summed E-state index contributed by atoms with van der Waals surface area (Å²) in [5, 5.41) is 10.8. The van der Waals surface area contributed by atoms with Crippen molar-refractivity contribution < 1.29 is 19.4 Å². The van der Waals surface area contributed by atoms with Gasteiger partial charge in [0.25, 0.3) is 5.91 Å².